The molecule has 30 heavy (non-hydrogen) atoms. The summed E-state index contributed by atoms with van der Waals surface area (Å²) in [5.41, 5.74) is 1.81. The van der Waals surface area contributed by atoms with Gasteiger partial charge in [-0.15, -0.1) is 0 Å². The Labute approximate surface area is 189 Å². The molecule has 4 aliphatic carbocycles. The van der Waals surface area contributed by atoms with Crippen molar-refractivity contribution >= 4 is 17.0 Å². The molecule has 170 valence electrons. The molecule has 0 unspecified atom stereocenters. The van der Waals surface area contributed by atoms with Gasteiger partial charge in [0.25, 0.3) is 0 Å². The molecule has 3 fully saturated rings. The topological polar surface area (TPSA) is 26.3 Å². The molecular weight excluding hydrogens is 392 g/mol. The Morgan fingerprint density at radius 2 is 1.93 bits per heavy atom. The maximum absolute atomic E-state index is 11.2. The van der Waals surface area contributed by atoms with Gasteiger partial charge >= 0.3 is 5.43 Å². The fourth-order valence-electron chi connectivity index (χ4n) is 8.39. The molecule has 0 spiro atoms. The van der Waals surface area contributed by atoms with Gasteiger partial charge in [-0.05, 0) is 91.8 Å². The second-order valence-electron chi connectivity index (χ2n) is 12.0. The minimum Gasteiger partial charge on any atom is -0.450 e. The van der Waals surface area contributed by atoms with E-state index in [2.05, 4.69) is 33.8 Å². The van der Waals surface area contributed by atoms with E-state index in [0.717, 1.165) is 48.9 Å². The molecule has 3 saturated carbocycles. The first kappa shape index (κ1) is 22.7. The van der Waals surface area contributed by atoms with Gasteiger partial charge in [0, 0.05) is 18.0 Å². The Balaban J connectivity index is 1.44. The van der Waals surface area contributed by atoms with Crippen molar-refractivity contribution in [1.82, 2.24) is 0 Å². The highest BCUT2D eigenvalue weighted by Crippen LogP contribution is 2.66. The van der Waals surface area contributed by atoms with Crippen molar-refractivity contribution in [2.75, 3.05) is 0 Å². The third-order valence-electron chi connectivity index (χ3n) is 10.1. The highest BCUT2D eigenvalue weighted by molar-refractivity contribution is 6.61. The number of hydrogen-bond donors (Lipinski definition) is 0. The molecule has 0 heterocycles. The summed E-state index contributed by atoms with van der Waals surface area (Å²) in [5.74, 6) is 4.40. The van der Waals surface area contributed by atoms with E-state index in [-0.39, 0.29) is 6.10 Å². The number of fused-ring (bicyclic) bond motifs is 5. The predicted octanol–water partition coefficient (Wildman–Crippen LogP) is 8.53. The van der Waals surface area contributed by atoms with Crippen LogP contribution >= 0.6 is 11.6 Å². The highest BCUT2D eigenvalue weighted by Gasteiger charge is 2.58. The fraction of sp³-hybridized carbons (Fsp3) is 0.889. The van der Waals surface area contributed by atoms with E-state index in [1.54, 1.807) is 5.57 Å². The predicted molar refractivity (Wildman–Crippen MR) is 125 cm³/mol. The Morgan fingerprint density at radius 1 is 1.13 bits per heavy atom. The maximum Gasteiger partial charge on any atom is 0.404 e. The van der Waals surface area contributed by atoms with Crippen LogP contribution in [0.3, 0.4) is 0 Å². The molecule has 7 atom stereocenters. The second-order valence-corrected chi connectivity index (χ2v) is 12.3. The average molecular weight is 435 g/mol. The average Bonchev–Trinajstić information content (AvgIpc) is 3.01. The van der Waals surface area contributed by atoms with Crippen LogP contribution in [0, 0.1) is 40.4 Å². The van der Waals surface area contributed by atoms with E-state index >= 15 is 0 Å². The van der Waals surface area contributed by atoms with E-state index in [4.69, 9.17) is 16.3 Å². The van der Waals surface area contributed by atoms with Crippen LogP contribution in [0.4, 0.5) is 4.79 Å². The van der Waals surface area contributed by atoms with Gasteiger partial charge in [0.15, 0.2) is 0 Å². The van der Waals surface area contributed by atoms with Crippen molar-refractivity contribution in [1.29, 1.82) is 0 Å². The summed E-state index contributed by atoms with van der Waals surface area (Å²) >= 11 is 5.50. The molecule has 4 aliphatic rings. The van der Waals surface area contributed by atoms with Crippen molar-refractivity contribution in [3.8, 4) is 0 Å². The normalized spacial score (nSPS) is 42.9. The molecule has 0 aromatic carbocycles. The number of hydrogen-bond acceptors (Lipinski definition) is 2. The lowest BCUT2D eigenvalue weighted by molar-refractivity contribution is -0.0510. The van der Waals surface area contributed by atoms with Gasteiger partial charge in [0.05, 0.1) is 0 Å². The zero-order valence-electron chi connectivity index (χ0n) is 19.7. The molecule has 0 amide bonds. The van der Waals surface area contributed by atoms with E-state index < -0.39 is 5.43 Å². The van der Waals surface area contributed by atoms with Crippen molar-refractivity contribution < 1.29 is 9.53 Å². The Hall–Kier alpha value is -0.500. The van der Waals surface area contributed by atoms with Gasteiger partial charge in [0.1, 0.15) is 6.10 Å². The van der Waals surface area contributed by atoms with Crippen LogP contribution < -0.4 is 0 Å². The number of carbonyl (C=O) groups is 1. The smallest absolute Gasteiger partial charge is 0.404 e. The number of unbranched alkanes of at least 4 members (excludes halogenated alkanes) is 1. The van der Waals surface area contributed by atoms with Crippen LogP contribution in [0.25, 0.3) is 0 Å². The van der Waals surface area contributed by atoms with E-state index in [1.165, 1.54) is 57.8 Å². The maximum atomic E-state index is 11.2. The summed E-state index contributed by atoms with van der Waals surface area (Å²) in [6.45, 7) is 9.89. The number of ether oxygens (including phenoxy) is 1. The summed E-state index contributed by atoms with van der Waals surface area (Å²) in [4.78, 5) is 11.2. The molecule has 2 nitrogen and oxygen atoms in total. The molecule has 0 N–H and O–H groups in total. The first-order valence-corrected chi connectivity index (χ1v) is 13.2. The lowest BCUT2D eigenvalue weighted by Crippen LogP contribution is -2.50. The fourth-order valence-corrected chi connectivity index (χ4v) is 8.51. The zero-order valence-corrected chi connectivity index (χ0v) is 20.5. The van der Waals surface area contributed by atoms with Crippen molar-refractivity contribution in [3.63, 3.8) is 0 Å². The summed E-state index contributed by atoms with van der Waals surface area (Å²) in [6.07, 6.45) is 18.3. The Morgan fingerprint density at radius 3 is 2.67 bits per heavy atom. The molecule has 4 rings (SSSR count). The van der Waals surface area contributed by atoms with Crippen molar-refractivity contribution in [2.24, 2.45) is 40.4 Å². The number of carbonyl (C=O) groups excluding carboxylic acids is 1. The summed E-state index contributed by atoms with van der Waals surface area (Å²) in [6, 6.07) is 0. The minimum absolute atomic E-state index is 0.0126. The Bertz CT molecular complexity index is 670. The molecule has 0 aromatic heterocycles. The summed E-state index contributed by atoms with van der Waals surface area (Å²) < 4.78 is 5.37. The van der Waals surface area contributed by atoms with E-state index in [0.29, 0.717) is 10.8 Å². The lowest BCUT2D eigenvalue weighted by Gasteiger charge is -2.58. The number of rotatable bonds is 6. The van der Waals surface area contributed by atoms with Crippen molar-refractivity contribution in [3.05, 3.63) is 11.6 Å². The van der Waals surface area contributed by atoms with Crippen LogP contribution in [0.15, 0.2) is 11.6 Å². The molecule has 0 aliphatic heterocycles. The highest BCUT2D eigenvalue weighted by atomic mass is 35.5. The monoisotopic (exact) mass is 434 g/mol. The van der Waals surface area contributed by atoms with Crippen molar-refractivity contribution in [2.45, 2.75) is 111 Å². The van der Waals surface area contributed by atoms with Crippen LogP contribution in [0.2, 0.25) is 0 Å². The van der Waals surface area contributed by atoms with E-state index in [9.17, 15) is 4.79 Å². The molecular formula is C27H43ClO2. The van der Waals surface area contributed by atoms with Gasteiger partial charge in [0.2, 0.25) is 0 Å². The van der Waals surface area contributed by atoms with Crippen LogP contribution in [0.1, 0.15) is 105 Å². The Kier molecular flexibility index (Phi) is 6.65. The zero-order chi connectivity index (χ0) is 21.5. The standard InChI is InChI=1S/C27H43ClO2/c1-18(2)7-5-6-8-19-10-12-23-22-11-9-20-17-21(30-25(28)29)13-15-27(20,4)24(22)14-16-26(19,23)3/h9,18-19,21-24H,5-8,10-17H2,1-4H3/t19-,21-,22-,23-,24-,26+,27-/m0/s1. The first-order chi connectivity index (χ1) is 14.2. The van der Waals surface area contributed by atoms with Crippen LogP contribution in [-0.2, 0) is 4.74 Å². The SMILES string of the molecule is CC(C)CCCC[C@H]1CC[C@H]2[C@@H]3CC=C4C[C@@H](OC(=O)Cl)CC[C@]4(C)[C@H]3CC[C@]12C. The van der Waals surface area contributed by atoms with Crippen LogP contribution in [-0.4, -0.2) is 11.5 Å². The van der Waals surface area contributed by atoms with Gasteiger partial charge in [-0.25, -0.2) is 4.79 Å². The lowest BCUT2D eigenvalue weighted by atomic mass is 9.47. The summed E-state index contributed by atoms with van der Waals surface area (Å²) in [7, 11) is 0. The largest absolute Gasteiger partial charge is 0.450 e. The summed E-state index contributed by atoms with van der Waals surface area (Å²) in [5, 5.41) is 0. The molecule has 0 radical (unpaired) electrons. The van der Waals surface area contributed by atoms with Gasteiger partial charge in [-0.2, -0.15) is 0 Å². The molecule has 0 saturated heterocycles. The van der Waals surface area contributed by atoms with Gasteiger partial charge < -0.3 is 4.74 Å². The number of allylic oxidation sites excluding steroid dienone is 1. The number of halogens is 1. The molecule has 0 bridgehead atoms. The van der Waals surface area contributed by atoms with E-state index in [1.807, 2.05) is 0 Å². The van der Waals surface area contributed by atoms with Gasteiger partial charge in [-0.3, -0.25) is 0 Å². The first-order valence-electron chi connectivity index (χ1n) is 12.8. The third-order valence-corrected chi connectivity index (χ3v) is 10.2. The third kappa shape index (κ3) is 4.12. The molecule has 0 aromatic rings. The minimum atomic E-state index is -0.642. The second kappa shape index (κ2) is 8.80. The van der Waals surface area contributed by atoms with Crippen LogP contribution in [0.5, 0.6) is 0 Å². The molecule has 3 heteroatoms. The van der Waals surface area contributed by atoms with Gasteiger partial charge in [-0.1, -0.05) is 58.6 Å². The quantitative estimate of drug-likeness (QED) is 0.238.